The van der Waals surface area contributed by atoms with Crippen molar-refractivity contribution in [1.29, 1.82) is 0 Å². The van der Waals surface area contributed by atoms with Gasteiger partial charge >= 0.3 is 0 Å². The molecule has 1 saturated heterocycles. The number of aromatic hydroxyl groups is 1. The zero-order chi connectivity index (χ0) is 24.7. The van der Waals surface area contributed by atoms with Gasteiger partial charge in [-0.05, 0) is 37.7 Å². The molecule has 0 atom stereocenters. The molecule has 10 heteroatoms. The molecule has 10 nitrogen and oxygen atoms in total. The van der Waals surface area contributed by atoms with E-state index in [1.807, 2.05) is 18.7 Å². The van der Waals surface area contributed by atoms with Gasteiger partial charge in [0.2, 0.25) is 11.8 Å². The van der Waals surface area contributed by atoms with Crippen LogP contribution in [0.15, 0.2) is 17.1 Å². The van der Waals surface area contributed by atoms with Gasteiger partial charge in [0.25, 0.3) is 11.5 Å². The molecule has 2 saturated carbocycles. The Balaban J connectivity index is 1.41. The standard InChI is InChI=1S/C25H34N6O4/c1-16(2)15-30-23-17(6-9-20(32)29-12-10-28(11-13-29)19-4-3-5-19)14-26-31(23)25(35)21(24(30)34)22(33)27-18-7-8-18/h6,9,14,16,18-19,34H,3-5,7-8,10-13,15H2,1-2H3,(H,27,33). The Hall–Kier alpha value is -3.14. The van der Waals surface area contributed by atoms with Gasteiger partial charge < -0.3 is 15.3 Å². The van der Waals surface area contributed by atoms with E-state index in [4.69, 9.17) is 0 Å². The van der Waals surface area contributed by atoms with Crippen molar-refractivity contribution in [3.8, 4) is 5.88 Å². The molecule has 0 aromatic carbocycles. The third-order valence-corrected chi connectivity index (χ3v) is 7.22. The molecular formula is C25H34N6O4. The van der Waals surface area contributed by atoms with Gasteiger partial charge in [-0.15, -0.1) is 0 Å². The summed E-state index contributed by atoms with van der Waals surface area (Å²) >= 11 is 0. The maximum absolute atomic E-state index is 13.1. The van der Waals surface area contributed by atoms with E-state index in [-0.39, 0.29) is 29.3 Å². The molecule has 35 heavy (non-hydrogen) atoms. The Kier molecular flexibility index (Phi) is 6.39. The largest absolute Gasteiger partial charge is 0.494 e. The van der Waals surface area contributed by atoms with Gasteiger partial charge in [-0.1, -0.05) is 20.3 Å². The fourth-order valence-electron chi connectivity index (χ4n) is 4.88. The summed E-state index contributed by atoms with van der Waals surface area (Å²) in [5.41, 5.74) is -0.0745. The third kappa shape index (κ3) is 4.71. The molecule has 2 N–H and O–H groups in total. The van der Waals surface area contributed by atoms with E-state index in [1.165, 1.54) is 31.5 Å². The summed E-state index contributed by atoms with van der Waals surface area (Å²) in [6, 6.07) is 0.733. The molecule has 3 heterocycles. The number of hydrogen-bond donors (Lipinski definition) is 2. The van der Waals surface area contributed by atoms with E-state index in [0.29, 0.717) is 36.9 Å². The summed E-state index contributed by atoms with van der Waals surface area (Å²) in [6.07, 6.45) is 10.2. The van der Waals surface area contributed by atoms with Gasteiger partial charge in [-0.25, -0.2) is 0 Å². The molecule has 0 spiro atoms. The summed E-state index contributed by atoms with van der Waals surface area (Å²) in [5, 5.41) is 18.0. The van der Waals surface area contributed by atoms with Gasteiger partial charge in [0.1, 0.15) is 5.65 Å². The van der Waals surface area contributed by atoms with Crippen LogP contribution in [0.1, 0.15) is 61.9 Å². The second-order valence-corrected chi connectivity index (χ2v) is 10.4. The first kappa shape index (κ1) is 23.6. The highest BCUT2D eigenvalue weighted by molar-refractivity contribution is 5.97. The smallest absolute Gasteiger partial charge is 0.291 e. The molecule has 2 aromatic rings. The van der Waals surface area contributed by atoms with Gasteiger partial charge in [-0.3, -0.25) is 23.9 Å². The second kappa shape index (κ2) is 9.49. The van der Waals surface area contributed by atoms with Crippen molar-refractivity contribution < 1.29 is 14.7 Å². The van der Waals surface area contributed by atoms with Crippen molar-refractivity contribution in [3.05, 3.63) is 33.8 Å². The number of nitrogens with one attached hydrogen (secondary N) is 1. The lowest BCUT2D eigenvalue weighted by Crippen LogP contribution is -2.53. The Bertz CT molecular complexity index is 1210. The highest BCUT2D eigenvalue weighted by atomic mass is 16.3. The Morgan fingerprint density at radius 1 is 1.17 bits per heavy atom. The minimum absolute atomic E-state index is 0.0493. The molecule has 2 aliphatic carbocycles. The van der Waals surface area contributed by atoms with Crippen LogP contribution in [0.5, 0.6) is 5.88 Å². The molecule has 5 rings (SSSR count). The number of amides is 2. The van der Waals surface area contributed by atoms with E-state index in [0.717, 1.165) is 30.4 Å². The first-order valence-electron chi connectivity index (χ1n) is 12.7. The predicted octanol–water partition coefficient (Wildman–Crippen LogP) is 1.46. The fraction of sp³-hybridized carbons (Fsp3) is 0.600. The van der Waals surface area contributed by atoms with Crippen LogP contribution < -0.4 is 10.9 Å². The number of rotatable bonds is 7. The lowest BCUT2D eigenvalue weighted by molar-refractivity contribution is -0.128. The van der Waals surface area contributed by atoms with Crippen LogP contribution >= 0.6 is 0 Å². The quantitative estimate of drug-likeness (QED) is 0.578. The zero-order valence-electron chi connectivity index (χ0n) is 20.4. The van der Waals surface area contributed by atoms with Crippen LogP contribution in [-0.2, 0) is 11.3 Å². The number of nitrogens with zero attached hydrogens (tertiary/aromatic N) is 5. The topological polar surface area (TPSA) is 112 Å². The lowest BCUT2D eigenvalue weighted by atomic mass is 9.91. The van der Waals surface area contributed by atoms with E-state index >= 15 is 0 Å². The van der Waals surface area contributed by atoms with Crippen LogP contribution in [0.4, 0.5) is 0 Å². The SMILES string of the molecule is CC(C)Cn1c(O)c(C(=O)NC2CC2)c(=O)n2ncc(C=CC(=O)N3CCN(C4CCC4)CC3)c12. The van der Waals surface area contributed by atoms with E-state index < -0.39 is 11.5 Å². The number of piperazine rings is 1. The highest BCUT2D eigenvalue weighted by Crippen LogP contribution is 2.26. The third-order valence-electron chi connectivity index (χ3n) is 7.22. The van der Waals surface area contributed by atoms with E-state index in [9.17, 15) is 19.5 Å². The lowest BCUT2D eigenvalue weighted by Gasteiger charge is -2.42. The zero-order valence-corrected chi connectivity index (χ0v) is 20.4. The van der Waals surface area contributed by atoms with Crippen molar-refractivity contribution in [2.45, 2.75) is 64.6 Å². The molecule has 3 aliphatic rings. The fourth-order valence-corrected chi connectivity index (χ4v) is 4.88. The molecule has 2 aromatic heterocycles. The molecule has 2 amide bonds. The van der Waals surface area contributed by atoms with Gasteiger partial charge in [0.15, 0.2) is 5.56 Å². The summed E-state index contributed by atoms with van der Waals surface area (Å²) in [5.74, 6) is -0.909. The molecule has 3 fully saturated rings. The maximum Gasteiger partial charge on any atom is 0.291 e. The second-order valence-electron chi connectivity index (χ2n) is 10.4. The van der Waals surface area contributed by atoms with Crippen LogP contribution in [0.25, 0.3) is 11.7 Å². The molecule has 0 bridgehead atoms. The van der Waals surface area contributed by atoms with Gasteiger partial charge in [0, 0.05) is 56.4 Å². The van der Waals surface area contributed by atoms with Crippen molar-refractivity contribution in [2.24, 2.45) is 5.92 Å². The van der Waals surface area contributed by atoms with Crippen molar-refractivity contribution in [3.63, 3.8) is 0 Å². The minimum Gasteiger partial charge on any atom is -0.494 e. The van der Waals surface area contributed by atoms with Crippen molar-refractivity contribution in [1.82, 2.24) is 29.3 Å². The Morgan fingerprint density at radius 2 is 1.89 bits per heavy atom. The highest BCUT2D eigenvalue weighted by Gasteiger charge is 2.31. The van der Waals surface area contributed by atoms with Crippen LogP contribution in [0.2, 0.25) is 0 Å². The summed E-state index contributed by atoms with van der Waals surface area (Å²) < 4.78 is 2.69. The van der Waals surface area contributed by atoms with E-state index in [2.05, 4.69) is 15.3 Å². The predicted molar refractivity (Wildman–Crippen MR) is 131 cm³/mol. The average Bonchev–Trinajstić information content (AvgIpc) is 3.49. The first-order valence-corrected chi connectivity index (χ1v) is 12.7. The molecule has 0 unspecified atom stereocenters. The number of aromatic nitrogens is 3. The normalized spacial score (nSPS) is 19.6. The van der Waals surface area contributed by atoms with Crippen molar-refractivity contribution in [2.75, 3.05) is 26.2 Å². The van der Waals surface area contributed by atoms with Crippen LogP contribution in [-0.4, -0.2) is 79.2 Å². The molecule has 0 radical (unpaired) electrons. The monoisotopic (exact) mass is 482 g/mol. The Morgan fingerprint density at radius 3 is 2.49 bits per heavy atom. The van der Waals surface area contributed by atoms with Crippen molar-refractivity contribution >= 4 is 23.5 Å². The van der Waals surface area contributed by atoms with Crippen LogP contribution in [0.3, 0.4) is 0 Å². The number of fused-ring (bicyclic) bond motifs is 1. The van der Waals surface area contributed by atoms with E-state index in [1.54, 1.807) is 10.6 Å². The first-order chi connectivity index (χ1) is 16.8. The number of hydrogen-bond acceptors (Lipinski definition) is 6. The molecule has 188 valence electrons. The number of carbonyl (C=O) groups excluding carboxylic acids is 2. The minimum atomic E-state index is -0.672. The van der Waals surface area contributed by atoms with Gasteiger partial charge in [0.05, 0.1) is 6.20 Å². The summed E-state index contributed by atoms with van der Waals surface area (Å²) in [7, 11) is 0. The van der Waals surface area contributed by atoms with Crippen LogP contribution in [0, 0.1) is 5.92 Å². The Labute approximate surface area is 204 Å². The molecular weight excluding hydrogens is 448 g/mol. The number of carbonyl (C=O) groups is 2. The summed E-state index contributed by atoms with van der Waals surface area (Å²) in [4.78, 5) is 43.0. The average molecular weight is 483 g/mol. The maximum atomic E-state index is 13.1. The summed E-state index contributed by atoms with van der Waals surface area (Å²) in [6.45, 7) is 7.54. The molecule has 1 aliphatic heterocycles. The van der Waals surface area contributed by atoms with Gasteiger partial charge in [-0.2, -0.15) is 9.61 Å².